The summed E-state index contributed by atoms with van der Waals surface area (Å²) < 4.78 is 5.56. The lowest BCUT2D eigenvalue weighted by Gasteiger charge is -2.18. The van der Waals surface area contributed by atoms with Gasteiger partial charge in [-0.25, -0.2) is 4.79 Å². The summed E-state index contributed by atoms with van der Waals surface area (Å²) >= 11 is 0. The van der Waals surface area contributed by atoms with E-state index in [1.165, 1.54) is 32.1 Å². The number of nitrogens with zero attached hydrogens (tertiary/aromatic N) is 1. The zero-order valence-corrected chi connectivity index (χ0v) is 11.8. The number of fused-ring (bicyclic) bond motifs is 1. The van der Waals surface area contributed by atoms with Gasteiger partial charge in [-0.05, 0) is 49.9 Å². The summed E-state index contributed by atoms with van der Waals surface area (Å²) in [6.07, 6.45) is 7.62. The average Bonchev–Trinajstić information content (AvgIpc) is 2.96. The number of urea groups is 1. The SMILES string of the molecule is O=C(NCCCOCC1CC1)N1C[C@H]2CCC[C@H]2C1. The Bertz CT molecular complexity index is 305. The van der Waals surface area contributed by atoms with E-state index >= 15 is 0 Å². The summed E-state index contributed by atoms with van der Waals surface area (Å²) in [6, 6.07) is 0.136. The van der Waals surface area contributed by atoms with E-state index in [0.717, 1.165) is 57.0 Å². The van der Waals surface area contributed by atoms with Crippen molar-refractivity contribution in [2.24, 2.45) is 17.8 Å². The molecule has 2 atom stereocenters. The standard InChI is InChI=1S/C15H26N2O2/c18-15(16-7-2-8-19-11-12-5-6-12)17-9-13-3-1-4-14(13)10-17/h12-14H,1-11H2,(H,16,18)/t13-,14+. The molecule has 0 spiro atoms. The highest BCUT2D eigenvalue weighted by Gasteiger charge is 2.37. The fourth-order valence-electron chi connectivity index (χ4n) is 3.42. The molecule has 1 heterocycles. The number of carbonyl (C=O) groups is 1. The Balaban J connectivity index is 1.24. The summed E-state index contributed by atoms with van der Waals surface area (Å²) in [6.45, 7) is 4.41. The smallest absolute Gasteiger partial charge is 0.317 e. The molecule has 0 aromatic carbocycles. The molecule has 0 aromatic heterocycles. The van der Waals surface area contributed by atoms with E-state index < -0.39 is 0 Å². The van der Waals surface area contributed by atoms with Crippen LogP contribution in [-0.2, 0) is 4.74 Å². The molecule has 19 heavy (non-hydrogen) atoms. The van der Waals surface area contributed by atoms with E-state index in [0.29, 0.717) is 0 Å². The topological polar surface area (TPSA) is 41.6 Å². The van der Waals surface area contributed by atoms with Crippen LogP contribution in [0.5, 0.6) is 0 Å². The number of hydrogen-bond acceptors (Lipinski definition) is 2. The zero-order chi connectivity index (χ0) is 13.1. The van der Waals surface area contributed by atoms with E-state index in [2.05, 4.69) is 5.32 Å². The molecule has 0 bridgehead atoms. The third kappa shape index (κ3) is 3.62. The molecular formula is C15H26N2O2. The van der Waals surface area contributed by atoms with Gasteiger partial charge in [-0.1, -0.05) is 6.42 Å². The minimum atomic E-state index is 0.136. The first-order valence-corrected chi connectivity index (χ1v) is 7.93. The van der Waals surface area contributed by atoms with Crippen molar-refractivity contribution in [1.29, 1.82) is 0 Å². The van der Waals surface area contributed by atoms with Gasteiger partial charge in [0.25, 0.3) is 0 Å². The Kier molecular flexibility index (Phi) is 4.26. The highest BCUT2D eigenvalue weighted by molar-refractivity contribution is 5.74. The summed E-state index contributed by atoms with van der Waals surface area (Å²) in [5.74, 6) is 2.40. The molecule has 2 saturated carbocycles. The fraction of sp³-hybridized carbons (Fsp3) is 0.933. The second kappa shape index (κ2) is 6.12. The van der Waals surface area contributed by atoms with Crippen molar-refractivity contribution in [3.05, 3.63) is 0 Å². The molecule has 1 aliphatic heterocycles. The number of nitrogens with one attached hydrogen (secondary N) is 1. The predicted molar refractivity (Wildman–Crippen MR) is 74.0 cm³/mol. The van der Waals surface area contributed by atoms with Crippen molar-refractivity contribution in [3.8, 4) is 0 Å². The van der Waals surface area contributed by atoms with Gasteiger partial charge in [-0.2, -0.15) is 0 Å². The quantitative estimate of drug-likeness (QED) is 0.749. The molecule has 1 saturated heterocycles. The Morgan fingerprint density at radius 1 is 1.16 bits per heavy atom. The largest absolute Gasteiger partial charge is 0.381 e. The molecule has 0 aromatic rings. The van der Waals surface area contributed by atoms with Crippen molar-refractivity contribution in [2.45, 2.75) is 38.5 Å². The Hall–Kier alpha value is -0.770. The van der Waals surface area contributed by atoms with Crippen LogP contribution in [0.2, 0.25) is 0 Å². The van der Waals surface area contributed by atoms with Crippen LogP contribution >= 0.6 is 0 Å². The maximum absolute atomic E-state index is 12.0. The first-order chi connectivity index (χ1) is 9.33. The third-order valence-corrected chi connectivity index (χ3v) is 4.81. The second-order valence-electron chi connectivity index (χ2n) is 6.46. The Morgan fingerprint density at radius 2 is 1.89 bits per heavy atom. The summed E-state index contributed by atoms with van der Waals surface area (Å²) in [5.41, 5.74) is 0. The van der Waals surface area contributed by atoms with E-state index in [-0.39, 0.29) is 6.03 Å². The molecule has 2 aliphatic carbocycles. The molecule has 0 unspecified atom stereocenters. The van der Waals surface area contributed by atoms with Gasteiger partial charge < -0.3 is 15.0 Å². The number of rotatable bonds is 6. The van der Waals surface area contributed by atoms with Crippen LogP contribution < -0.4 is 5.32 Å². The van der Waals surface area contributed by atoms with Crippen molar-refractivity contribution in [1.82, 2.24) is 10.2 Å². The third-order valence-electron chi connectivity index (χ3n) is 4.81. The maximum Gasteiger partial charge on any atom is 0.317 e. The molecule has 4 heteroatoms. The van der Waals surface area contributed by atoms with Gasteiger partial charge in [-0.3, -0.25) is 0 Å². The molecule has 3 rings (SSSR count). The first-order valence-electron chi connectivity index (χ1n) is 7.93. The monoisotopic (exact) mass is 266 g/mol. The van der Waals surface area contributed by atoms with Crippen LogP contribution in [-0.4, -0.2) is 43.8 Å². The highest BCUT2D eigenvalue weighted by atomic mass is 16.5. The van der Waals surface area contributed by atoms with Gasteiger partial charge in [0.15, 0.2) is 0 Å². The lowest BCUT2D eigenvalue weighted by atomic mass is 10.0. The first kappa shape index (κ1) is 13.2. The van der Waals surface area contributed by atoms with Crippen LogP contribution in [0.15, 0.2) is 0 Å². The van der Waals surface area contributed by atoms with Crippen LogP contribution in [0.25, 0.3) is 0 Å². The van der Waals surface area contributed by atoms with Crippen molar-refractivity contribution in [2.75, 3.05) is 32.8 Å². The molecule has 0 radical (unpaired) electrons. The lowest BCUT2D eigenvalue weighted by molar-refractivity contribution is 0.122. The normalized spacial score (nSPS) is 29.6. The number of likely N-dealkylation sites (tertiary alicyclic amines) is 1. The lowest BCUT2D eigenvalue weighted by Crippen LogP contribution is -2.39. The minimum Gasteiger partial charge on any atom is -0.381 e. The van der Waals surface area contributed by atoms with Gasteiger partial charge in [-0.15, -0.1) is 0 Å². The van der Waals surface area contributed by atoms with Gasteiger partial charge in [0.2, 0.25) is 0 Å². The maximum atomic E-state index is 12.0. The predicted octanol–water partition coefficient (Wildman–Crippen LogP) is 2.24. The number of ether oxygens (including phenoxy) is 1. The summed E-state index contributed by atoms with van der Waals surface area (Å²) in [7, 11) is 0. The molecule has 2 amide bonds. The Labute approximate surface area is 115 Å². The molecule has 1 N–H and O–H groups in total. The van der Waals surface area contributed by atoms with Crippen LogP contribution in [0.1, 0.15) is 38.5 Å². The fourth-order valence-corrected chi connectivity index (χ4v) is 3.42. The summed E-state index contributed by atoms with van der Waals surface area (Å²) in [4.78, 5) is 14.0. The number of carbonyl (C=O) groups excluding carboxylic acids is 1. The molecule has 4 nitrogen and oxygen atoms in total. The summed E-state index contributed by atoms with van der Waals surface area (Å²) in [5, 5.41) is 3.02. The van der Waals surface area contributed by atoms with E-state index in [1.54, 1.807) is 0 Å². The van der Waals surface area contributed by atoms with Crippen LogP contribution in [0, 0.1) is 17.8 Å². The van der Waals surface area contributed by atoms with Gasteiger partial charge in [0, 0.05) is 32.8 Å². The molecule has 3 fully saturated rings. The van der Waals surface area contributed by atoms with Crippen molar-refractivity contribution in [3.63, 3.8) is 0 Å². The van der Waals surface area contributed by atoms with Crippen molar-refractivity contribution >= 4 is 6.03 Å². The zero-order valence-electron chi connectivity index (χ0n) is 11.8. The van der Waals surface area contributed by atoms with Gasteiger partial charge in [0.1, 0.15) is 0 Å². The number of amides is 2. The van der Waals surface area contributed by atoms with E-state index in [4.69, 9.17) is 4.74 Å². The highest BCUT2D eigenvalue weighted by Crippen LogP contribution is 2.37. The Morgan fingerprint density at radius 3 is 2.58 bits per heavy atom. The average molecular weight is 266 g/mol. The van der Waals surface area contributed by atoms with Gasteiger partial charge >= 0.3 is 6.03 Å². The van der Waals surface area contributed by atoms with E-state index in [1.807, 2.05) is 4.90 Å². The molecular weight excluding hydrogens is 240 g/mol. The van der Waals surface area contributed by atoms with E-state index in [9.17, 15) is 4.79 Å². The second-order valence-corrected chi connectivity index (χ2v) is 6.46. The molecule has 3 aliphatic rings. The molecule has 108 valence electrons. The van der Waals surface area contributed by atoms with Crippen molar-refractivity contribution < 1.29 is 9.53 Å². The number of hydrogen-bond donors (Lipinski definition) is 1. The van der Waals surface area contributed by atoms with Crippen LogP contribution in [0.3, 0.4) is 0 Å². The minimum absolute atomic E-state index is 0.136. The van der Waals surface area contributed by atoms with Gasteiger partial charge in [0.05, 0.1) is 0 Å². The van der Waals surface area contributed by atoms with Crippen LogP contribution in [0.4, 0.5) is 4.79 Å².